The van der Waals surface area contributed by atoms with E-state index in [9.17, 15) is 17.6 Å². The molecule has 0 aliphatic carbocycles. The SMILES string of the molecule is Fc1ccc(N(c2ccccc2)c2ccc(-c3ccc(N(c4ccccc4)c4ccc(F)cc4F)cc3)cc2)c(F)c1. The lowest BCUT2D eigenvalue weighted by Crippen LogP contribution is -2.12. The van der Waals surface area contributed by atoms with Gasteiger partial charge < -0.3 is 9.80 Å². The lowest BCUT2D eigenvalue weighted by molar-refractivity contribution is 0.583. The van der Waals surface area contributed by atoms with Crippen LogP contribution in [0, 0.1) is 23.3 Å². The van der Waals surface area contributed by atoms with E-state index in [0.29, 0.717) is 11.4 Å². The Labute approximate surface area is 241 Å². The molecule has 0 aliphatic heterocycles. The molecule has 0 fully saturated rings. The number of benzene rings is 6. The van der Waals surface area contributed by atoms with Gasteiger partial charge in [0.05, 0.1) is 11.4 Å². The molecule has 206 valence electrons. The summed E-state index contributed by atoms with van der Waals surface area (Å²) in [5.41, 5.74) is 5.16. The average Bonchev–Trinajstić information content (AvgIpc) is 3.01. The van der Waals surface area contributed by atoms with Crippen molar-refractivity contribution < 1.29 is 17.6 Å². The van der Waals surface area contributed by atoms with E-state index in [1.54, 1.807) is 9.80 Å². The summed E-state index contributed by atoms with van der Waals surface area (Å²) in [6, 6.07) is 40.9. The highest BCUT2D eigenvalue weighted by molar-refractivity contribution is 5.80. The average molecular weight is 561 g/mol. The zero-order chi connectivity index (χ0) is 29.1. The molecule has 0 saturated heterocycles. The first-order chi connectivity index (χ1) is 20.5. The van der Waals surface area contributed by atoms with E-state index >= 15 is 0 Å². The monoisotopic (exact) mass is 560 g/mol. The summed E-state index contributed by atoms with van der Waals surface area (Å²) in [6.45, 7) is 0. The van der Waals surface area contributed by atoms with Crippen LogP contribution < -0.4 is 9.80 Å². The minimum absolute atomic E-state index is 0.230. The number of halogens is 4. The Balaban J connectivity index is 1.34. The molecule has 42 heavy (non-hydrogen) atoms. The number of nitrogens with zero attached hydrogens (tertiary/aromatic N) is 2. The third-order valence-electron chi connectivity index (χ3n) is 6.91. The van der Waals surface area contributed by atoms with Gasteiger partial charge in [0.15, 0.2) is 0 Å². The van der Waals surface area contributed by atoms with E-state index in [4.69, 9.17) is 0 Å². The van der Waals surface area contributed by atoms with Gasteiger partial charge in [0.2, 0.25) is 0 Å². The molecule has 6 rings (SSSR count). The quantitative estimate of drug-likeness (QED) is 0.179. The minimum Gasteiger partial charge on any atom is -0.308 e. The van der Waals surface area contributed by atoms with Crippen molar-refractivity contribution in [2.75, 3.05) is 9.80 Å². The van der Waals surface area contributed by atoms with E-state index in [0.717, 1.165) is 34.6 Å². The first-order valence-electron chi connectivity index (χ1n) is 13.3. The van der Waals surface area contributed by atoms with Gasteiger partial charge in [0.1, 0.15) is 23.3 Å². The molecule has 0 spiro atoms. The van der Waals surface area contributed by atoms with Gasteiger partial charge in [0.25, 0.3) is 0 Å². The highest BCUT2D eigenvalue weighted by Gasteiger charge is 2.18. The van der Waals surface area contributed by atoms with Crippen LogP contribution in [0.2, 0.25) is 0 Å². The van der Waals surface area contributed by atoms with Gasteiger partial charge in [-0.1, -0.05) is 60.7 Å². The van der Waals surface area contributed by atoms with Crippen molar-refractivity contribution >= 4 is 34.1 Å². The number of hydrogen-bond donors (Lipinski definition) is 0. The smallest absolute Gasteiger partial charge is 0.150 e. The van der Waals surface area contributed by atoms with Crippen molar-refractivity contribution in [2.45, 2.75) is 0 Å². The van der Waals surface area contributed by atoms with Crippen LogP contribution in [-0.4, -0.2) is 0 Å². The summed E-state index contributed by atoms with van der Waals surface area (Å²) in [5, 5.41) is 0. The molecule has 0 aliphatic rings. The maximum atomic E-state index is 14.9. The molecule has 0 aromatic heterocycles. The first kappa shape index (κ1) is 26.8. The highest BCUT2D eigenvalue weighted by Crippen LogP contribution is 2.39. The fraction of sp³-hybridized carbons (Fsp3) is 0. The Hall–Kier alpha value is -5.36. The largest absolute Gasteiger partial charge is 0.308 e. The number of anilines is 6. The molecule has 0 bridgehead atoms. The van der Waals surface area contributed by atoms with E-state index in [-0.39, 0.29) is 11.4 Å². The maximum absolute atomic E-state index is 14.9. The molecule has 0 atom stereocenters. The van der Waals surface area contributed by atoms with Crippen LogP contribution >= 0.6 is 0 Å². The van der Waals surface area contributed by atoms with Crippen LogP contribution in [0.25, 0.3) is 11.1 Å². The second-order valence-corrected chi connectivity index (χ2v) is 9.63. The van der Waals surface area contributed by atoms with Gasteiger partial charge in [-0.15, -0.1) is 0 Å². The third-order valence-corrected chi connectivity index (χ3v) is 6.91. The highest BCUT2D eigenvalue weighted by atomic mass is 19.1. The first-order valence-corrected chi connectivity index (χ1v) is 13.3. The summed E-state index contributed by atoms with van der Waals surface area (Å²) in [4.78, 5) is 3.47. The Morgan fingerprint density at radius 1 is 0.333 bits per heavy atom. The summed E-state index contributed by atoms with van der Waals surface area (Å²) in [6.07, 6.45) is 0. The zero-order valence-corrected chi connectivity index (χ0v) is 22.3. The van der Waals surface area contributed by atoms with Crippen LogP contribution in [-0.2, 0) is 0 Å². The van der Waals surface area contributed by atoms with Crippen LogP contribution in [0.15, 0.2) is 146 Å². The predicted molar refractivity (Wildman–Crippen MR) is 161 cm³/mol. The molecular weight excluding hydrogens is 536 g/mol. The summed E-state index contributed by atoms with van der Waals surface area (Å²) in [5.74, 6) is -2.62. The molecule has 0 heterocycles. The summed E-state index contributed by atoms with van der Waals surface area (Å²) >= 11 is 0. The standard InChI is InChI=1S/C36H24F4N2/c37-27-15-21-35(33(39)23-27)41(29-7-3-1-4-8-29)31-17-11-25(12-18-31)26-13-19-32(20-14-26)42(30-9-5-2-6-10-30)36-22-16-28(38)24-34(36)40/h1-24H. The molecule has 0 saturated carbocycles. The lowest BCUT2D eigenvalue weighted by atomic mass is 10.0. The third kappa shape index (κ3) is 5.47. The fourth-order valence-corrected chi connectivity index (χ4v) is 4.94. The maximum Gasteiger partial charge on any atom is 0.150 e. The van der Waals surface area contributed by atoms with Crippen molar-refractivity contribution in [2.24, 2.45) is 0 Å². The molecule has 6 aromatic rings. The van der Waals surface area contributed by atoms with Gasteiger partial charge in [-0.25, -0.2) is 17.6 Å². The van der Waals surface area contributed by atoms with E-state index < -0.39 is 23.3 Å². The summed E-state index contributed by atoms with van der Waals surface area (Å²) in [7, 11) is 0. The summed E-state index contributed by atoms with van der Waals surface area (Å²) < 4.78 is 57.1. The zero-order valence-electron chi connectivity index (χ0n) is 22.3. The van der Waals surface area contributed by atoms with Gasteiger partial charge in [-0.2, -0.15) is 0 Å². The van der Waals surface area contributed by atoms with Crippen molar-refractivity contribution in [3.05, 3.63) is 169 Å². The lowest BCUT2D eigenvalue weighted by Gasteiger charge is -2.26. The van der Waals surface area contributed by atoms with Crippen LogP contribution in [0.1, 0.15) is 0 Å². The topological polar surface area (TPSA) is 6.48 Å². The van der Waals surface area contributed by atoms with Gasteiger partial charge in [0, 0.05) is 34.9 Å². The molecule has 6 aromatic carbocycles. The van der Waals surface area contributed by atoms with Crippen molar-refractivity contribution in [1.29, 1.82) is 0 Å². The number of rotatable bonds is 7. The molecule has 0 unspecified atom stereocenters. The van der Waals surface area contributed by atoms with Crippen LogP contribution in [0.4, 0.5) is 51.7 Å². The Kier molecular flexibility index (Phi) is 7.43. The fourth-order valence-electron chi connectivity index (χ4n) is 4.94. The van der Waals surface area contributed by atoms with Gasteiger partial charge in [-0.05, 0) is 83.9 Å². The Morgan fingerprint density at radius 2 is 0.667 bits per heavy atom. The Morgan fingerprint density at radius 3 is 1.00 bits per heavy atom. The molecule has 0 N–H and O–H groups in total. The minimum atomic E-state index is -0.668. The predicted octanol–water partition coefficient (Wildman–Crippen LogP) is 10.8. The van der Waals surface area contributed by atoms with Crippen LogP contribution in [0.3, 0.4) is 0 Å². The normalized spacial score (nSPS) is 10.9. The molecule has 2 nitrogen and oxygen atoms in total. The second-order valence-electron chi connectivity index (χ2n) is 9.63. The van der Waals surface area contributed by atoms with E-state index in [1.165, 1.54) is 24.3 Å². The number of hydrogen-bond acceptors (Lipinski definition) is 2. The molecule has 6 heteroatoms. The van der Waals surface area contributed by atoms with Crippen molar-refractivity contribution in [1.82, 2.24) is 0 Å². The molecular formula is C36H24F4N2. The van der Waals surface area contributed by atoms with E-state index in [2.05, 4.69) is 0 Å². The van der Waals surface area contributed by atoms with Gasteiger partial charge >= 0.3 is 0 Å². The molecule has 0 amide bonds. The van der Waals surface area contributed by atoms with E-state index in [1.807, 2.05) is 109 Å². The van der Waals surface area contributed by atoms with Crippen LogP contribution in [0.5, 0.6) is 0 Å². The Bertz CT molecular complexity index is 1670. The second kappa shape index (κ2) is 11.6. The number of para-hydroxylation sites is 2. The molecule has 0 radical (unpaired) electrons. The van der Waals surface area contributed by atoms with Crippen molar-refractivity contribution in [3.63, 3.8) is 0 Å². The van der Waals surface area contributed by atoms with Gasteiger partial charge in [-0.3, -0.25) is 0 Å². The van der Waals surface area contributed by atoms with Crippen molar-refractivity contribution in [3.8, 4) is 11.1 Å².